The average molecular weight is 147 g/mol. The Bertz CT molecular complexity index is 138. The molecule has 1 rings (SSSR count). The Labute approximate surface area is 57.8 Å². The molecule has 0 spiro atoms. The molecule has 1 saturated heterocycles. The Balaban J connectivity index is 2.47. The fourth-order valence-corrected chi connectivity index (χ4v) is 0.814. The number of amides is 1. The van der Waals surface area contributed by atoms with Crippen LogP contribution in [0, 0.1) is 0 Å². The fourth-order valence-electron chi connectivity index (χ4n) is 0.814. The third-order valence-corrected chi connectivity index (χ3v) is 1.35. The van der Waals surface area contributed by atoms with E-state index in [1.807, 2.05) is 0 Å². The van der Waals surface area contributed by atoms with Gasteiger partial charge in [-0.25, -0.2) is 4.79 Å². The third-order valence-electron chi connectivity index (χ3n) is 1.35. The van der Waals surface area contributed by atoms with E-state index in [1.165, 1.54) is 0 Å². The highest BCUT2D eigenvalue weighted by Gasteiger charge is 2.24. The first kappa shape index (κ1) is 7.30. The van der Waals surface area contributed by atoms with Crippen LogP contribution in [0.2, 0.25) is 0 Å². The van der Waals surface area contributed by atoms with Crippen LogP contribution in [0.4, 0.5) is 4.79 Å². The summed E-state index contributed by atoms with van der Waals surface area (Å²) < 4.78 is 4.81. The van der Waals surface area contributed by atoms with Crippen molar-refractivity contribution in [3.63, 3.8) is 0 Å². The molecule has 0 aromatic heterocycles. The van der Waals surface area contributed by atoms with Gasteiger partial charge in [0.05, 0.1) is 19.8 Å². The van der Waals surface area contributed by atoms with Crippen LogP contribution in [0.3, 0.4) is 0 Å². The van der Waals surface area contributed by atoms with Crippen molar-refractivity contribution in [2.45, 2.75) is 6.23 Å². The summed E-state index contributed by atoms with van der Waals surface area (Å²) in [6.45, 7) is 0.687. The van der Waals surface area contributed by atoms with E-state index in [1.54, 1.807) is 0 Å². The molecule has 0 bridgehead atoms. The lowest BCUT2D eigenvalue weighted by molar-refractivity contribution is -0.0908. The molecule has 10 heavy (non-hydrogen) atoms. The number of aliphatic hydroxyl groups excluding tert-OH is 1. The smallest absolute Gasteiger partial charge is 0.409 e. The highest BCUT2D eigenvalue weighted by Crippen LogP contribution is 2.02. The molecule has 58 valence electrons. The van der Waals surface area contributed by atoms with Gasteiger partial charge in [0.25, 0.3) is 0 Å². The van der Waals surface area contributed by atoms with E-state index in [-0.39, 0.29) is 13.2 Å². The van der Waals surface area contributed by atoms with Crippen molar-refractivity contribution >= 4 is 6.09 Å². The minimum absolute atomic E-state index is 0.0757. The van der Waals surface area contributed by atoms with Gasteiger partial charge in [-0.3, -0.25) is 4.90 Å². The SMILES string of the molecule is O=C(O)N1CCOCC1O. The van der Waals surface area contributed by atoms with Crippen LogP contribution in [0.15, 0.2) is 0 Å². The van der Waals surface area contributed by atoms with Crippen LogP contribution in [0.25, 0.3) is 0 Å². The Morgan fingerprint density at radius 2 is 2.40 bits per heavy atom. The largest absolute Gasteiger partial charge is 0.465 e. The maximum atomic E-state index is 10.3. The number of carbonyl (C=O) groups is 1. The number of morpholine rings is 1. The van der Waals surface area contributed by atoms with Gasteiger partial charge >= 0.3 is 6.09 Å². The van der Waals surface area contributed by atoms with Gasteiger partial charge in [-0.05, 0) is 0 Å². The van der Waals surface area contributed by atoms with Crippen molar-refractivity contribution in [3.05, 3.63) is 0 Å². The number of carboxylic acid groups (broad SMARTS) is 1. The first-order chi connectivity index (χ1) is 4.72. The summed E-state index contributed by atoms with van der Waals surface area (Å²) >= 11 is 0. The Hall–Kier alpha value is -0.810. The minimum Gasteiger partial charge on any atom is -0.465 e. The molecule has 1 heterocycles. The van der Waals surface area contributed by atoms with E-state index in [2.05, 4.69) is 0 Å². The van der Waals surface area contributed by atoms with Crippen molar-refractivity contribution in [2.24, 2.45) is 0 Å². The van der Waals surface area contributed by atoms with Crippen LogP contribution in [-0.2, 0) is 4.74 Å². The summed E-state index contributed by atoms with van der Waals surface area (Å²) in [6.07, 6.45) is -2.10. The van der Waals surface area contributed by atoms with Gasteiger partial charge in [-0.15, -0.1) is 0 Å². The summed E-state index contributed by atoms with van der Waals surface area (Å²) in [5, 5.41) is 17.4. The standard InChI is InChI=1S/C5H9NO4/c7-4-3-10-2-1-6(4)5(8)9/h4,7H,1-3H2,(H,8,9). The molecular formula is C5H9NO4. The summed E-state index contributed by atoms with van der Waals surface area (Å²) in [4.78, 5) is 11.2. The Morgan fingerprint density at radius 3 is 2.80 bits per heavy atom. The van der Waals surface area contributed by atoms with Crippen molar-refractivity contribution < 1.29 is 19.7 Å². The van der Waals surface area contributed by atoms with Gasteiger partial charge in [-0.1, -0.05) is 0 Å². The van der Waals surface area contributed by atoms with E-state index in [9.17, 15) is 4.79 Å². The van der Waals surface area contributed by atoms with E-state index in [0.717, 1.165) is 4.90 Å². The number of nitrogens with zero attached hydrogens (tertiary/aromatic N) is 1. The molecule has 1 aliphatic rings. The normalized spacial score (nSPS) is 26.5. The van der Waals surface area contributed by atoms with Gasteiger partial charge in [0.2, 0.25) is 0 Å². The molecule has 1 atom stereocenters. The van der Waals surface area contributed by atoms with Gasteiger partial charge in [0.15, 0.2) is 6.23 Å². The molecule has 1 fully saturated rings. The fraction of sp³-hybridized carbons (Fsp3) is 0.800. The second-order valence-corrected chi connectivity index (χ2v) is 2.03. The second kappa shape index (κ2) is 2.85. The molecule has 5 heteroatoms. The number of aliphatic hydroxyl groups is 1. The van der Waals surface area contributed by atoms with Gasteiger partial charge in [-0.2, -0.15) is 0 Å². The van der Waals surface area contributed by atoms with Crippen LogP contribution in [0.5, 0.6) is 0 Å². The first-order valence-corrected chi connectivity index (χ1v) is 2.97. The molecule has 0 radical (unpaired) electrons. The average Bonchev–Trinajstić information content (AvgIpc) is 1.88. The van der Waals surface area contributed by atoms with Crippen LogP contribution in [0.1, 0.15) is 0 Å². The van der Waals surface area contributed by atoms with Crippen molar-refractivity contribution in [2.75, 3.05) is 19.8 Å². The number of hydrogen-bond acceptors (Lipinski definition) is 3. The molecule has 1 aliphatic heterocycles. The number of hydrogen-bond donors (Lipinski definition) is 2. The monoisotopic (exact) mass is 147 g/mol. The minimum atomic E-state index is -1.10. The zero-order valence-electron chi connectivity index (χ0n) is 5.36. The van der Waals surface area contributed by atoms with E-state index >= 15 is 0 Å². The maximum absolute atomic E-state index is 10.3. The maximum Gasteiger partial charge on any atom is 0.409 e. The van der Waals surface area contributed by atoms with Crippen molar-refractivity contribution in [1.82, 2.24) is 4.90 Å². The Kier molecular flexibility index (Phi) is 2.08. The molecule has 0 aliphatic carbocycles. The van der Waals surface area contributed by atoms with Gasteiger partial charge < -0.3 is 14.9 Å². The first-order valence-electron chi connectivity index (χ1n) is 2.97. The number of rotatable bonds is 0. The van der Waals surface area contributed by atoms with Crippen LogP contribution in [-0.4, -0.2) is 47.2 Å². The Morgan fingerprint density at radius 1 is 1.70 bits per heavy atom. The molecule has 0 aromatic rings. The summed E-state index contributed by atoms with van der Waals surface area (Å²) in [7, 11) is 0. The van der Waals surface area contributed by atoms with Crippen molar-refractivity contribution in [3.8, 4) is 0 Å². The zero-order chi connectivity index (χ0) is 7.56. The predicted molar refractivity (Wildman–Crippen MR) is 31.6 cm³/mol. The van der Waals surface area contributed by atoms with Gasteiger partial charge in [0.1, 0.15) is 0 Å². The molecule has 2 N–H and O–H groups in total. The molecule has 1 amide bonds. The third kappa shape index (κ3) is 1.37. The van der Waals surface area contributed by atoms with E-state index in [4.69, 9.17) is 14.9 Å². The molecule has 5 nitrogen and oxygen atoms in total. The second-order valence-electron chi connectivity index (χ2n) is 2.03. The van der Waals surface area contributed by atoms with E-state index < -0.39 is 12.3 Å². The topological polar surface area (TPSA) is 70.0 Å². The highest BCUT2D eigenvalue weighted by atomic mass is 16.5. The lowest BCUT2D eigenvalue weighted by atomic mass is 10.4. The molecule has 0 saturated carbocycles. The summed E-state index contributed by atoms with van der Waals surface area (Å²) in [5.74, 6) is 0. The molecule has 0 aromatic carbocycles. The predicted octanol–water partition coefficient (Wildman–Crippen LogP) is -0.685. The van der Waals surface area contributed by atoms with Crippen LogP contribution >= 0.6 is 0 Å². The van der Waals surface area contributed by atoms with Crippen molar-refractivity contribution in [1.29, 1.82) is 0 Å². The lowest BCUT2D eigenvalue weighted by Gasteiger charge is -2.29. The lowest BCUT2D eigenvalue weighted by Crippen LogP contribution is -2.47. The van der Waals surface area contributed by atoms with Gasteiger partial charge in [0, 0.05) is 0 Å². The molecule has 1 unspecified atom stereocenters. The summed E-state index contributed by atoms with van der Waals surface area (Å²) in [6, 6.07) is 0. The quantitative estimate of drug-likeness (QED) is 0.476. The molecular weight excluding hydrogens is 138 g/mol. The summed E-state index contributed by atoms with van der Waals surface area (Å²) in [5.41, 5.74) is 0. The van der Waals surface area contributed by atoms with E-state index in [0.29, 0.717) is 6.61 Å². The highest BCUT2D eigenvalue weighted by molar-refractivity contribution is 5.65. The van der Waals surface area contributed by atoms with Crippen LogP contribution < -0.4 is 0 Å². The number of ether oxygens (including phenoxy) is 1. The zero-order valence-corrected chi connectivity index (χ0v) is 5.36.